The lowest BCUT2D eigenvalue weighted by molar-refractivity contribution is 0.0627. The number of hydrogen-bond acceptors (Lipinski definition) is 6. The van der Waals surface area contributed by atoms with E-state index in [1.54, 1.807) is 54.6 Å². The molecule has 0 radical (unpaired) electrons. The van der Waals surface area contributed by atoms with Gasteiger partial charge in [-0.2, -0.15) is 0 Å². The Balaban J connectivity index is 1.34. The first-order chi connectivity index (χ1) is 15.3. The zero-order chi connectivity index (χ0) is 22.7. The number of rotatable bonds is 6. The quantitative estimate of drug-likeness (QED) is 0.570. The SMILES string of the molecule is Cc1noc(C)c1CN1CCN(C(=O)c2ccc(CS(=O)(=O)c3ccccc3)cc2)CC1. The highest BCUT2D eigenvalue weighted by molar-refractivity contribution is 7.90. The summed E-state index contributed by atoms with van der Waals surface area (Å²) in [6.07, 6.45) is 0. The van der Waals surface area contributed by atoms with Gasteiger partial charge < -0.3 is 9.42 Å². The predicted octanol–water partition coefficient (Wildman–Crippen LogP) is 3.22. The Morgan fingerprint density at radius 3 is 2.22 bits per heavy atom. The highest BCUT2D eigenvalue weighted by Gasteiger charge is 2.24. The van der Waals surface area contributed by atoms with Crippen LogP contribution >= 0.6 is 0 Å². The molecule has 1 amide bonds. The van der Waals surface area contributed by atoms with Crippen molar-refractivity contribution in [3.63, 3.8) is 0 Å². The van der Waals surface area contributed by atoms with E-state index in [1.807, 2.05) is 18.7 Å². The minimum absolute atomic E-state index is 0.0283. The Morgan fingerprint density at radius 1 is 0.969 bits per heavy atom. The summed E-state index contributed by atoms with van der Waals surface area (Å²) in [5, 5.41) is 4.01. The second-order valence-corrected chi connectivity index (χ2v) is 10.1. The summed E-state index contributed by atoms with van der Waals surface area (Å²) in [6.45, 7) is 7.49. The third kappa shape index (κ3) is 4.92. The Hall–Kier alpha value is -2.97. The number of carbonyl (C=O) groups excluding carboxylic acids is 1. The molecule has 1 fully saturated rings. The monoisotopic (exact) mass is 453 g/mol. The molecule has 0 saturated carbocycles. The van der Waals surface area contributed by atoms with Gasteiger partial charge in [0.1, 0.15) is 5.76 Å². The fraction of sp³-hybridized carbons (Fsp3) is 0.333. The maximum atomic E-state index is 12.9. The van der Waals surface area contributed by atoms with Crippen molar-refractivity contribution in [1.82, 2.24) is 15.0 Å². The lowest BCUT2D eigenvalue weighted by atomic mass is 10.1. The number of aryl methyl sites for hydroxylation is 2. The van der Waals surface area contributed by atoms with Crippen LogP contribution in [0.15, 0.2) is 64.0 Å². The summed E-state index contributed by atoms with van der Waals surface area (Å²) < 4.78 is 30.4. The van der Waals surface area contributed by atoms with E-state index in [1.165, 1.54) is 0 Å². The van der Waals surface area contributed by atoms with E-state index < -0.39 is 9.84 Å². The first-order valence-corrected chi connectivity index (χ1v) is 12.3. The molecular weight excluding hydrogens is 426 g/mol. The lowest BCUT2D eigenvalue weighted by Gasteiger charge is -2.34. The van der Waals surface area contributed by atoms with Crippen LogP contribution in [0, 0.1) is 13.8 Å². The molecule has 1 aliphatic heterocycles. The molecule has 0 N–H and O–H groups in total. The van der Waals surface area contributed by atoms with E-state index in [4.69, 9.17) is 4.52 Å². The molecule has 7 nitrogen and oxygen atoms in total. The van der Waals surface area contributed by atoms with Gasteiger partial charge in [0, 0.05) is 43.9 Å². The van der Waals surface area contributed by atoms with Crippen molar-refractivity contribution in [3.8, 4) is 0 Å². The number of sulfone groups is 1. The van der Waals surface area contributed by atoms with Gasteiger partial charge >= 0.3 is 0 Å². The summed E-state index contributed by atoms with van der Waals surface area (Å²) >= 11 is 0. The Bertz CT molecular complexity index is 1160. The number of amides is 1. The van der Waals surface area contributed by atoms with Gasteiger partial charge in [-0.3, -0.25) is 9.69 Å². The van der Waals surface area contributed by atoms with E-state index in [2.05, 4.69) is 10.1 Å². The van der Waals surface area contributed by atoms with Crippen LogP contribution < -0.4 is 0 Å². The van der Waals surface area contributed by atoms with Gasteiger partial charge in [0.05, 0.1) is 16.3 Å². The predicted molar refractivity (Wildman–Crippen MR) is 121 cm³/mol. The summed E-state index contributed by atoms with van der Waals surface area (Å²) in [5.74, 6) is 0.723. The van der Waals surface area contributed by atoms with Crippen molar-refractivity contribution >= 4 is 15.7 Å². The largest absolute Gasteiger partial charge is 0.361 e. The summed E-state index contributed by atoms with van der Waals surface area (Å²) in [5.41, 5.74) is 3.26. The zero-order valence-corrected chi connectivity index (χ0v) is 19.1. The highest BCUT2D eigenvalue weighted by atomic mass is 32.2. The van der Waals surface area contributed by atoms with Gasteiger partial charge in [-0.1, -0.05) is 35.5 Å². The average Bonchev–Trinajstić information content (AvgIpc) is 3.12. The van der Waals surface area contributed by atoms with Crippen LogP contribution in [0.25, 0.3) is 0 Å². The number of hydrogen-bond donors (Lipinski definition) is 0. The van der Waals surface area contributed by atoms with Crippen LogP contribution in [-0.2, 0) is 22.1 Å². The molecule has 2 heterocycles. The topological polar surface area (TPSA) is 83.7 Å². The molecule has 0 bridgehead atoms. The second kappa shape index (κ2) is 9.26. The van der Waals surface area contributed by atoms with Crippen LogP contribution in [-0.4, -0.2) is 55.5 Å². The lowest BCUT2D eigenvalue weighted by Crippen LogP contribution is -2.48. The average molecular weight is 454 g/mol. The molecule has 0 aliphatic carbocycles. The van der Waals surface area contributed by atoms with Gasteiger partial charge in [0.2, 0.25) is 0 Å². The second-order valence-electron chi connectivity index (χ2n) is 8.14. The van der Waals surface area contributed by atoms with Crippen LogP contribution in [0.3, 0.4) is 0 Å². The Kier molecular flexibility index (Phi) is 6.43. The van der Waals surface area contributed by atoms with E-state index >= 15 is 0 Å². The first kappa shape index (κ1) is 22.2. The van der Waals surface area contributed by atoms with Crippen molar-refractivity contribution in [2.75, 3.05) is 26.2 Å². The molecule has 0 atom stereocenters. The molecule has 0 spiro atoms. The Morgan fingerprint density at radius 2 is 1.62 bits per heavy atom. The molecular formula is C24H27N3O4S. The van der Waals surface area contributed by atoms with Crippen LogP contribution in [0.5, 0.6) is 0 Å². The molecule has 168 valence electrons. The van der Waals surface area contributed by atoms with Crippen molar-refractivity contribution < 1.29 is 17.7 Å². The third-order valence-corrected chi connectivity index (χ3v) is 7.59. The van der Waals surface area contributed by atoms with Crippen molar-refractivity contribution in [1.29, 1.82) is 0 Å². The van der Waals surface area contributed by atoms with Crippen LogP contribution in [0.4, 0.5) is 0 Å². The molecule has 1 aliphatic rings. The summed E-state index contributed by atoms with van der Waals surface area (Å²) in [4.78, 5) is 17.4. The third-order valence-electron chi connectivity index (χ3n) is 5.88. The van der Waals surface area contributed by atoms with Crippen LogP contribution in [0.2, 0.25) is 0 Å². The fourth-order valence-corrected chi connectivity index (χ4v) is 5.29. The van der Waals surface area contributed by atoms with Gasteiger partial charge in [0.15, 0.2) is 9.84 Å². The highest BCUT2D eigenvalue weighted by Crippen LogP contribution is 2.19. The van der Waals surface area contributed by atoms with E-state index in [9.17, 15) is 13.2 Å². The van der Waals surface area contributed by atoms with E-state index in [-0.39, 0.29) is 11.7 Å². The molecule has 2 aromatic carbocycles. The fourth-order valence-electron chi connectivity index (χ4n) is 3.92. The van der Waals surface area contributed by atoms with Crippen molar-refractivity contribution in [3.05, 3.63) is 82.7 Å². The number of piperazine rings is 1. The molecule has 8 heteroatoms. The summed E-state index contributed by atoms with van der Waals surface area (Å²) in [6, 6.07) is 15.3. The first-order valence-electron chi connectivity index (χ1n) is 10.6. The zero-order valence-electron chi connectivity index (χ0n) is 18.3. The van der Waals surface area contributed by atoms with Crippen LogP contribution in [0.1, 0.15) is 32.9 Å². The molecule has 32 heavy (non-hydrogen) atoms. The molecule has 3 aromatic rings. The van der Waals surface area contributed by atoms with E-state index in [0.29, 0.717) is 29.1 Å². The van der Waals surface area contributed by atoms with E-state index in [0.717, 1.165) is 36.7 Å². The smallest absolute Gasteiger partial charge is 0.253 e. The molecule has 1 saturated heterocycles. The maximum Gasteiger partial charge on any atom is 0.253 e. The summed E-state index contributed by atoms with van der Waals surface area (Å²) in [7, 11) is -3.41. The van der Waals surface area contributed by atoms with Crippen molar-refractivity contribution in [2.24, 2.45) is 0 Å². The normalized spacial score (nSPS) is 15.1. The molecule has 4 rings (SSSR count). The van der Waals surface area contributed by atoms with Gasteiger partial charge in [-0.25, -0.2) is 8.42 Å². The minimum Gasteiger partial charge on any atom is -0.361 e. The minimum atomic E-state index is -3.41. The number of nitrogens with zero attached hydrogens (tertiary/aromatic N) is 3. The standard InChI is InChI=1S/C24H27N3O4S/c1-18-23(19(2)31-25-18)16-26-12-14-27(15-13-26)24(28)21-10-8-20(9-11-21)17-32(29,30)22-6-4-3-5-7-22/h3-11H,12-17H2,1-2H3. The van der Waals surface area contributed by atoms with Gasteiger partial charge in [-0.05, 0) is 43.7 Å². The van der Waals surface area contributed by atoms with Gasteiger partial charge in [-0.15, -0.1) is 0 Å². The Labute approximate surface area is 188 Å². The number of benzene rings is 2. The molecule has 0 unspecified atom stereocenters. The molecule has 1 aromatic heterocycles. The maximum absolute atomic E-state index is 12.9. The van der Waals surface area contributed by atoms with Gasteiger partial charge in [0.25, 0.3) is 5.91 Å². The van der Waals surface area contributed by atoms with Crippen molar-refractivity contribution in [2.45, 2.75) is 31.0 Å². The number of carbonyl (C=O) groups is 1. The number of aromatic nitrogens is 1.